The summed E-state index contributed by atoms with van der Waals surface area (Å²) in [6, 6.07) is 9.12. The Morgan fingerprint density at radius 1 is 1.29 bits per heavy atom. The molecule has 0 spiro atoms. The van der Waals surface area contributed by atoms with Crippen molar-refractivity contribution in [3.8, 4) is 0 Å². The molecular weight excluding hydrogens is 234 g/mol. The van der Waals surface area contributed by atoms with Crippen molar-refractivity contribution in [2.45, 2.75) is 13.3 Å². The number of carbonyl (C=O) groups is 1. The van der Waals surface area contributed by atoms with Gasteiger partial charge < -0.3 is 5.73 Å². The van der Waals surface area contributed by atoms with Crippen LogP contribution >= 0.6 is 11.8 Å². The maximum Gasteiger partial charge on any atom is 0.180 e. The van der Waals surface area contributed by atoms with E-state index in [0.29, 0.717) is 16.4 Å². The number of amidine groups is 1. The van der Waals surface area contributed by atoms with Crippen LogP contribution in [0.2, 0.25) is 0 Å². The number of ketones is 1. The first-order chi connectivity index (χ1) is 8.13. The summed E-state index contributed by atoms with van der Waals surface area (Å²) in [6.45, 7) is 1.76. The summed E-state index contributed by atoms with van der Waals surface area (Å²) in [5.41, 5.74) is 6.82. The van der Waals surface area contributed by atoms with E-state index < -0.39 is 0 Å². The molecule has 2 N–H and O–H groups in total. The van der Waals surface area contributed by atoms with Crippen LogP contribution in [0.4, 0.5) is 0 Å². The highest BCUT2D eigenvalue weighted by Crippen LogP contribution is 2.04. The molecule has 0 aliphatic heterocycles. The van der Waals surface area contributed by atoms with Crippen LogP contribution in [0, 0.1) is 0 Å². The number of rotatable bonds is 4. The predicted octanol–water partition coefficient (Wildman–Crippen LogP) is 2.31. The molecular formula is C12H15N3OS. The lowest BCUT2D eigenvalue weighted by Crippen LogP contribution is -2.07. The quantitative estimate of drug-likeness (QED) is 0.385. The molecule has 1 rings (SSSR count). The molecule has 0 saturated heterocycles. The van der Waals surface area contributed by atoms with Crippen LogP contribution in [-0.2, 0) is 0 Å². The van der Waals surface area contributed by atoms with Gasteiger partial charge in [-0.1, -0.05) is 42.1 Å². The lowest BCUT2D eigenvalue weighted by molar-refractivity contribution is 0.100. The summed E-state index contributed by atoms with van der Waals surface area (Å²) in [6.07, 6.45) is 2.08. The van der Waals surface area contributed by atoms with Gasteiger partial charge in [0.25, 0.3) is 0 Å². The van der Waals surface area contributed by atoms with E-state index in [2.05, 4.69) is 10.2 Å². The van der Waals surface area contributed by atoms with Gasteiger partial charge in [0.05, 0.1) is 6.42 Å². The standard InChI is InChI=1S/C12H15N3OS/c1-9(14-15-12(13)17-2)8-11(16)10-6-4-3-5-7-10/h3-7H,8H2,1-2H3,(H2,13,15). The van der Waals surface area contributed by atoms with Gasteiger partial charge in [-0.25, -0.2) is 0 Å². The molecule has 1 aromatic carbocycles. The van der Waals surface area contributed by atoms with Gasteiger partial charge in [-0.3, -0.25) is 4.79 Å². The minimum absolute atomic E-state index is 0.0322. The second-order valence-corrected chi connectivity index (χ2v) is 4.27. The van der Waals surface area contributed by atoms with Crippen LogP contribution in [0.3, 0.4) is 0 Å². The van der Waals surface area contributed by atoms with E-state index >= 15 is 0 Å². The Balaban J connectivity index is 2.64. The Labute approximate surface area is 105 Å². The Kier molecular flexibility index (Phi) is 5.42. The molecule has 0 aliphatic carbocycles. The van der Waals surface area contributed by atoms with Gasteiger partial charge in [-0.2, -0.15) is 5.10 Å². The van der Waals surface area contributed by atoms with Crippen molar-refractivity contribution in [3.63, 3.8) is 0 Å². The predicted molar refractivity (Wildman–Crippen MR) is 73.6 cm³/mol. The van der Waals surface area contributed by atoms with Crippen molar-refractivity contribution in [2.24, 2.45) is 15.9 Å². The van der Waals surface area contributed by atoms with Crippen LogP contribution in [0.5, 0.6) is 0 Å². The number of thioether (sulfide) groups is 1. The van der Waals surface area contributed by atoms with Crippen LogP contribution in [0.1, 0.15) is 23.7 Å². The number of nitrogens with zero attached hydrogens (tertiary/aromatic N) is 2. The average molecular weight is 249 g/mol. The molecule has 0 fully saturated rings. The average Bonchev–Trinajstić information content (AvgIpc) is 2.36. The molecule has 0 amide bonds. The number of benzene rings is 1. The molecule has 0 bridgehead atoms. The van der Waals surface area contributed by atoms with Crippen molar-refractivity contribution >= 4 is 28.4 Å². The second-order valence-electron chi connectivity index (χ2n) is 3.44. The highest BCUT2D eigenvalue weighted by atomic mass is 32.2. The largest absolute Gasteiger partial charge is 0.377 e. The van der Waals surface area contributed by atoms with Gasteiger partial charge in [-0.05, 0) is 13.2 Å². The molecule has 4 nitrogen and oxygen atoms in total. The maximum atomic E-state index is 11.8. The zero-order valence-corrected chi connectivity index (χ0v) is 10.7. The summed E-state index contributed by atoms with van der Waals surface area (Å²) < 4.78 is 0. The van der Waals surface area contributed by atoms with Crippen molar-refractivity contribution in [1.29, 1.82) is 0 Å². The first-order valence-electron chi connectivity index (χ1n) is 5.12. The molecule has 17 heavy (non-hydrogen) atoms. The highest BCUT2D eigenvalue weighted by Gasteiger charge is 2.06. The molecule has 0 atom stereocenters. The number of hydrogen-bond acceptors (Lipinski definition) is 4. The summed E-state index contributed by atoms with van der Waals surface area (Å²) >= 11 is 1.32. The van der Waals surface area contributed by atoms with Crippen molar-refractivity contribution in [1.82, 2.24) is 0 Å². The molecule has 0 aromatic heterocycles. The Bertz CT molecular complexity index is 440. The van der Waals surface area contributed by atoms with E-state index in [-0.39, 0.29) is 12.2 Å². The van der Waals surface area contributed by atoms with E-state index in [1.54, 1.807) is 19.1 Å². The van der Waals surface area contributed by atoms with E-state index in [4.69, 9.17) is 5.73 Å². The number of hydrogen-bond donors (Lipinski definition) is 1. The fraction of sp³-hybridized carbons (Fsp3) is 0.250. The monoisotopic (exact) mass is 249 g/mol. The summed E-state index contributed by atoms with van der Waals surface area (Å²) in [5, 5.41) is 8.07. The van der Waals surface area contributed by atoms with Gasteiger partial charge in [0.15, 0.2) is 11.0 Å². The lowest BCUT2D eigenvalue weighted by Gasteiger charge is -1.99. The summed E-state index contributed by atoms with van der Waals surface area (Å²) in [7, 11) is 0. The smallest absolute Gasteiger partial charge is 0.180 e. The molecule has 0 saturated carbocycles. The fourth-order valence-electron chi connectivity index (χ4n) is 1.17. The molecule has 0 radical (unpaired) electrons. The Morgan fingerprint density at radius 3 is 2.53 bits per heavy atom. The number of carbonyl (C=O) groups excluding carboxylic acids is 1. The Morgan fingerprint density at radius 2 is 1.94 bits per heavy atom. The van der Waals surface area contributed by atoms with Crippen molar-refractivity contribution < 1.29 is 4.79 Å². The number of Topliss-reactive ketones (excluding diaryl/α,β-unsaturated/α-hetero) is 1. The molecule has 0 unspecified atom stereocenters. The minimum Gasteiger partial charge on any atom is -0.377 e. The summed E-state index contributed by atoms with van der Waals surface area (Å²) in [4.78, 5) is 11.8. The van der Waals surface area contributed by atoms with Gasteiger partial charge in [-0.15, -0.1) is 5.10 Å². The van der Waals surface area contributed by atoms with E-state index in [1.165, 1.54) is 11.8 Å². The van der Waals surface area contributed by atoms with E-state index in [0.717, 1.165) is 0 Å². The Hall–Kier alpha value is -1.62. The maximum absolute atomic E-state index is 11.8. The van der Waals surface area contributed by atoms with Gasteiger partial charge >= 0.3 is 0 Å². The highest BCUT2D eigenvalue weighted by molar-refractivity contribution is 8.13. The topological polar surface area (TPSA) is 67.8 Å². The van der Waals surface area contributed by atoms with Gasteiger partial charge in [0.2, 0.25) is 0 Å². The normalized spacial score (nSPS) is 12.6. The third-order valence-corrected chi connectivity index (χ3v) is 2.54. The third-order valence-electron chi connectivity index (χ3n) is 2.04. The van der Waals surface area contributed by atoms with Crippen LogP contribution in [0.15, 0.2) is 40.5 Å². The first kappa shape index (κ1) is 13.4. The van der Waals surface area contributed by atoms with Gasteiger partial charge in [0.1, 0.15) is 0 Å². The minimum atomic E-state index is 0.0322. The fourth-order valence-corrected chi connectivity index (χ4v) is 1.29. The zero-order valence-electron chi connectivity index (χ0n) is 9.88. The zero-order chi connectivity index (χ0) is 12.7. The number of nitrogens with two attached hydrogens (primary N) is 1. The molecule has 5 heteroatoms. The van der Waals surface area contributed by atoms with E-state index in [1.807, 2.05) is 24.5 Å². The molecule has 0 heterocycles. The van der Waals surface area contributed by atoms with Crippen LogP contribution in [0.25, 0.3) is 0 Å². The van der Waals surface area contributed by atoms with Gasteiger partial charge in [0, 0.05) is 11.3 Å². The molecule has 0 aliphatic rings. The van der Waals surface area contributed by atoms with Crippen LogP contribution in [-0.4, -0.2) is 22.9 Å². The molecule has 1 aromatic rings. The van der Waals surface area contributed by atoms with Crippen molar-refractivity contribution in [3.05, 3.63) is 35.9 Å². The lowest BCUT2D eigenvalue weighted by atomic mass is 10.1. The van der Waals surface area contributed by atoms with E-state index in [9.17, 15) is 4.79 Å². The first-order valence-corrected chi connectivity index (χ1v) is 6.34. The van der Waals surface area contributed by atoms with Crippen LogP contribution < -0.4 is 5.73 Å². The third kappa shape index (κ3) is 4.82. The molecule has 90 valence electrons. The SMILES string of the molecule is CS/C(N)=N\N=C(C)CC(=O)c1ccccc1. The summed E-state index contributed by atoms with van der Waals surface area (Å²) in [5.74, 6) is 0.0322. The second kappa shape index (κ2) is 6.85. The van der Waals surface area contributed by atoms with Crippen molar-refractivity contribution in [2.75, 3.05) is 6.26 Å².